The van der Waals surface area contributed by atoms with Gasteiger partial charge in [0.05, 0.1) is 22.2 Å². The van der Waals surface area contributed by atoms with Crippen molar-refractivity contribution in [2.24, 2.45) is 0 Å². The summed E-state index contributed by atoms with van der Waals surface area (Å²) in [5.74, 6) is -1.46. The fourth-order valence-electron chi connectivity index (χ4n) is 3.10. The van der Waals surface area contributed by atoms with Gasteiger partial charge in [0.15, 0.2) is 5.78 Å². The highest BCUT2D eigenvalue weighted by Crippen LogP contribution is 2.30. The van der Waals surface area contributed by atoms with Crippen LogP contribution in [0, 0.1) is 5.82 Å². The minimum absolute atomic E-state index is 0.0119. The van der Waals surface area contributed by atoms with E-state index < -0.39 is 29.4 Å². The SMILES string of the molecule is O=C(Nc1cccc(C(F)(F)F)c1)Nc1ccc(C(=O)c2ccc3nccnc3c2)c(F)c1. The maximum Gasteiger partial charge on any atom is 0.416 e. The van der Waals surface area contributed by atoms with Crippen LogP contribution in [0.3, 0.4) is 0 Å². The van der Waals surface area contributed by atoms with Crippen LogP contribution in [-0.2, 0) is 6.18 Å². The second-order valence-electron chi connectivity index (χ2n) is 6.94. The summed E-state index contributed by atoms with van der Waals surface area (Å²) in [6.07, 6.45) is -1.57. The quantitative estimate of drug-likeness (QED) is 0.308. The number of nitrogens with zero attached hydrogens (tertiary/aromatic N) is 2. The van der Waals surface area contributed by atoms with E-state index in [4.69, 9.17) is 0 Å². The maximum atomic E-state index is 14.6. The van der Waals surface area contributed by atoms with Gasteiger partial charge in [-0.25, -0.2) is 9.18 Å². The lowest BCUT2D eigenvalue weighted by Crippen LogP contribution is -2.20. The molecule has 33 heavy (non-hydrogen) atoms. The van der Waals surface area contributed by atoms with Crippen LogP contribution in [0.15, 0.2) is 73.1 Å². The Bertz CT molecular complexity index is 1370. The van der Waals surface area contributed by atoms with E-state index in [0.29, 0.717) is 11.0 Å². The molecular formula is C23H14F4N4O2. The van der Waals surface area contributed by atoms with E-state index >= 15 is 0 Å². The molecule has 10 heteroatoms. The summed E-state index contributed by atoms with van der Waals surface area (Å²) >= 11 is 0. The summed E-state index contributed by atoms with van der Waals surface area (Å²) in [5.41, 5.74) is 0.0573. The fourth-order valence-corrected chi connectivity index (χ4v) is 3.10. The monoisotopic (exact) mass is 454 g/mol. The van der Waals surface area contributed by atoms with E-state index in [1.807, 2.05) is 0 Å². The first kappa shape index (κ1) is 21.9. The third kappa shape index (κ3) is 4.95. The Hall–Kier alpha value is -4.34. The molecule has 1 heterocycles. The molecule has 0 unspecified atom stereocenters. The molecule has 6 nitrogen and oxygen atoms in total. The van der Waals surface area contributed by atoms with Crippen molar-refractivity contribution in [2.75, 3.05) is 10.6 Å². The number of hydrogen-bond acceptors (Lipinski definition) is 4. The van der Waals surface area contributed by atoms with Gasteiger partial charge in [0.2, 0.25) is 0 Å². The standard InChI is InChI=1S/C23H14F4N4O2/c24-18-12-16(31-22(33)30-15-3-1-2-14(11-15)23(25,26)27)5-6-17(18)21(32)13-4-7-19-20(10-13)29-9-8-28-19/h1-12H,(H2,30,31,33). The normalized spacial score (nSPS) is 11.3. The highest BCUT2D eigenvalue weighted by Gasteiger charge is 2.30. The van der Waals surface area contributed by atoms with Gasteiger partial charge in [0.25, 0.3) is 0 Å². The number of anilines is 2. The van der Waals surface area contributed by atoms with Crippen molar-refractivity contribution in [3.05, 3.63) is 95.6 Å². The van der Waals surface area contributed by atoms with Crippen LogP contribution in [0.4, 0.5) is 33.7 Å². The molecule has 4 rings (SSSR count). The number of rotatable bonds is 4. The van der Waals surface area contributed by atoms with Crippen LogP contribution >= 0.6 is 0 Å². The van der Waals surface area contributed by atoms with E-state index in [2.05, 4.69) is 20.6 Å². The number of amides is 2. The van der Waals surface area contributed by atoms with Crippen LogP contribution in [0.2, 0.25) is 0 Å². The van der Waals surface area contributed by atoms with E-state index in [1.54, 1.807) is 6.07 Å². The molecule has 0 radical (unpaired) electrons. The number of urea groups is 1. The first-order valence-corrected chi connectivity index (χ1v) is 9.51. The molecule has 1 aromatic heterocycles. The van der Waals surface area contributed by atoms with Crippen molar-refractivity contribution in [3.63, 3.8) is 0 Å². The second-order valence-corrected chi connectivity index (χ2v) is 6.94. The Morgan fingerprint density at radius 3 is 2.18 bits per heavy atom. The molecule has 2 N–H and O–H groups in total. The minimum Gasteiger partial charge on any atom is -0.308 e. The molecule has 2 amide bonds. The second kappa shape index (κ2) is 8.65. The number of hydrogen-bond donors (Lipinski definition) is 2. The molecular weight excluding hydrogens is 440 g/mol. The lowest BCUT2D eigenvalue weighted by Gasteiger charge is -2.11. The summed E-state index contributed by atoms with van der Waals surface area (Å²) < 4.78 is 53.0. The average Bonchev–Trinajstić information content (AvgIpc) is 2.78. The molecule has 0 aliphatic rings. The van der Waals surface area contributed by atoms with Gasteiger partial charge in [0, 0.05) is 29.3 Å². The van der Waals surface area contributed by atoms with Crippen LogP contribution in [0.25, 0.3) is 11.0 Å². The first-order chi connectivity index (χ1) is 15.7. The summed E-state index contributed by atoms with van der Waals surface area (Å²) in [6.45, 7) is 0. The molecule has 0 aliphatic carbocycles. The number of aromatic nitrogens is 2. The maximum absolute atomic E-state index is 14.6. The molecule has 0 atom stereocenters. The number of carbonyl (C=O) groups is 2. The number of nitrogens with one attached hydrogen (secondary N) is 2. The third-order valence-electron chi connectivity index (χ3n) is 4.65. The van der Waals surface area contributed by atoms with Gasteiger partial charge in [-0.3, -0.25) is 14.8 Å². The molecule has 0 bridgehead atoms. The van der Waals surface area contributed by atoms with Crippen LogP contribution in [0.5, 0.6) is 0 Å². The van der Waals surface area contributed by atoms with Gasteiger partial charge in [0.1, 0.15) is 5.82 Å². The van der Waals surface area contributed by atoms with Crippen molar-refractivity contribution < 1.29 is 27.2 Å². The molecule has 166 valence electrons. The van der Waals surface area contributed by atoms with E-state index in [9.17, 15) is 27.2 Å². The van der Waals surface area contributed by atoms with Crippen molar-refractivity contribution in [2.45, 2.75) is 6.18 Å². The third-order valence-corrected chi connectivity index (χ3v) is 4.65. The number of carbonyl (C=O) groups excluding carboxylic acids is 2. The van der Waals surface area contributed by atoms with Crippen LogP contribution in [-0.4, -0.2) is 21.8 Å². The zero-order chi connectivity index (χ0) is 23.6. The first-order valence-electron chi connectivity index (χ1n) is 9.51. The largest absolute Gasteiger partial charge is 0.416 e. The molecule has 0 fully saturated rings. The van der Waals surface area contributed by atoms with E-state index in [-0.39, 0.29) is 22.5 Å². The zero-order valence-corrected chi connectivity index (χ0v) is 16.7. The van der Waals surface area contributed by atoms with Crippen molar-refractivity contribution in [1.82, 2.24) is 9.97 Å². The number of halogens is 4. The highest BCUT2D eigenvalue weighted by atomic mass is 19.4. The zero-order valence-electron chi connectivity index (χ0n) is 16.7. The lowest BCUT2D eigenvalue weighted by molar-refractivity contribution is -0.137. The Morgan fingerprint density at radius 2 is 1.48 bits per heavy atom. The number of alkyl halides is 3. The molecule has 0 saturated heterocycles. The molecule has 0 aliphatic heterocycles. The van der Waals surface area contributed by atoms with Crippen molar-refractivity contribution >= 4 is 34.2 Å². The van der Waals surface area contributed by atoms with Crippen molar-refractivity contribution in [1.29, 1.82) is 0 Å². The number of fused-ring (bicyclic) bond motifs is 1. The van der Waals surface area contributed by atoms with Gasteiger partial charge in [-0.15, -0.1) is 0 Å². The number of ketones is 1. The average molecular weight is 454 g/mol. The molecule has 3 aromatic carbocycles. The summed E-state index contributed by atoms with van der Waals surface area (Å²) in [6, 6.07) is 11.3. The summed E-state index contributed by atoms with van der Waals surface area (Å²) in [4.78, 5) is 33.1. The number of benzene rings is 3. The summed E-state index contributed by atoms with van der Waals surface area (Å²) in [5, 5.41) is 4.57. The Labute approximate surface area is 184 Å². The highest BCUT2D eigenvalue weighted by molar-refractivity contribution is 6.10. The van der Waals surface area contributed by atoms with Crippen LogP contribution < -0.4 is 10.6 Å². The predicted octanol–water partition coefficient (Wildman–Crippen LogP) is 5.66. The van der Waals surface area contributed by atoms with Gasteiger partial charge < -0.3 is 10.6 Å². The lowest BCUT2D eigenvalue weighted by atomic mass is 10.0. The van der Waals surface area contributed by atoms with Crippen molar-refractivity contribution in [3.8, 4) is 0 Å². The van der Waals surface area contributed by atoms with Gasteiger partial charge >= 0.3 is 12.2 Å². The predicted molar refractivity (Wildman–Crippen MR) is 113 cm³/mol. The Kier molecular flexibility index (Phi) is 5.74. The minimum atomic E-state index is -4.56. The van der Waals surface area contributed by atoms with Gasteiger partial charge in [-0.2, -0.15) is 13.2 Å². The Morgan fingerprint density at radius 1 is 0.788 bits per heavy atom. The van der Waals surface area contributed by atoms with Gasteiger partial charge in [-0.05, 0) is 54.6 Å². The molecule has 0 saturated carbocycles. The summed E-state index contributed by atoms with van der Waals surface area (Å²) in [7, 11) is 0. The van der Waals surface area contributed by atoms with E-state index in [0.717, 1.165) is 24.3 Å². The Balaban J connectivity index is 1.48. The topological polar surface area (TPSA) is 84.0 Å². The smallest absolute Gasteiger partial charge is 0.308 e. The molecule has 4 aromatic rings. The van der Waals surface area contributed by atoms with Gasteiger partial charge in [-0.1, -0.05) is 6.07 Å². The molecule has 0 spiro atoms. The fraction of sp³-hybridized carbons (Fsp3) is 0.0435. The van der Waals surface area contributed by atoms with Crippen LogP contribution in [0.1, 0.15) is 21.5 Å². The van der Waals surface area contributed by atoms with E-state index in [1.165, 1.54) is 42.7 Å².